The fourth-order valence-electron chi connectivity index (χ4n) is 3.71. The summed E-state index contributed by atoms with van der Waals surface area (Å²) in [6.45, 7) is 5.58. The molecule has 0 atom stereocenters. The van der Waals surface area contributed by atoms with Crippen LogP contribution in [-0.4, -0.2) is 23.3 Å². The number of hydrogen-bond donors (Lipinski definition) is 1. The van der Waals surface area contributed by atoms with Crippen molar-refractivity contribution in [2.24, 2.45) is 0 Å². The van der Waals surface area contributed by atoms with Crippen LogP contribution in [0.2, 0.25) is 0 Å². The van der Waals surface area contributed by atoms with Crippen LogP contribution in [0.1, 0.15) is 37.5 Å². The first-order valence-corrected chi connectivity index (χ1v) is 10.4. The molecule has 0 aromatic heterocycles. The summed E-state index contributed by atoms with van der Waals surface area (Å²) in [5.41, 5.74) is 6.52. The number of ether oxygens (including phenoxy) is 2. The van der Waals surface area contributed by atoms with Crippen molar-refractivity contribution >= 4 is 11.5 Å². The average molecular weight is 415 g/mol. The van der Waals surface area contributed by atoms with Crippen LogP contribution in [0.25, 0.3) is 16.7 Å². The number of hydrogen-bond acceptors (Lipinski definition) is 3. The zero-order valence-electron chi connectivity index (χ0n) is 18.0. The molecule has 0 saturated heterocycles. The van der Waals surface area contributed by atoms with Gasteiger partial charge in [0.2, 0.25) is 0 Å². The Morgan fingerprint density at radius 2 is 1.65 bits per heavy atom. The monoisotopic (exact) mass is 414 g/mol. The van der Waals surface area contributed by atoms with E-state index in [4.69, 9.17) is 14.6 Å². The molecule has 1 N–H and O–H groups in total. The van der Waals surface area contributed by atoms with Gasteiger partial charge in [0.25, 0.3) is 0 Å². The van der Waals surface area contributed by atoms with Crippen molar-refractivity contribution in [3.8, 4) is 22.6 Å². The number of carboxylic acids is 1. The average Bonchev–Trinajstić information content (AvgIpc) is 3.12. The molecule has 0 unspecified atom stereocenters. The first-order chi connectivity index (χ1) is 14.8. The Kier molecular flexibility index (Phi) is 5.55. The summed E-state index contributed by atoms with van der Waals surface area (Å²) < 4.78 is 11.3. The summed E-state index contributed by atoms with van der Waals surface area (Å²) in [6.07, 6.45) is 3.05. The Labute approximate surface area is 182 Å². The van der Waals surface area contributed by atoms with Gasteiger partial charge in [-0.05, 0) is 90.9 Å². The van der Waals surface area contributed by atoms with Crippen LogP contribution in [0.4, 0.5) is 0 Å². The summed E-state index contributed by atoms with van der Waals surface area (Å²) in [5, 5.41) is 9.16. The summed E-state index contributed by atoms with van der Waals surface area (Å²) in [5.74, 6) is 0.184. The maximum absolute atomic E-state index is 11.2. The molecule has 4 heteroatoms. The summed E-state index contributed by atoms with van der Waals surface area (Å²) >= 11 is 0. The van der Waals surface area contributed by atoms with E-state index in [9.17, 15) is 4.79 Å². The first-order valence-electron chi connectivity index (χ1n) is 10.4. The minimum atomic E-state index is -1.28. The lowest BCUT2D eigenvalue weighted by Crippen LogP contribution is -2.37. The number of benzene rings is 3. The van der Waals surface area contributed by atoms with Crippen molar-refractivity contribution in [2.45, 2.75) is 32.8 Å². The van der Waals surface area contributed by atoms with Crippen molar-refractivity contribution in [1.82, 2.24) is 0 Å². The van der Waals surface area contributed by atoms with Crippen LogP contribution >= 0.6 is 0 Å². The number of fused-ring (bicyclic) bond motifs is 3. The van der Waals surface area contributed by atoms with Crippen molar-refractivity contribution in [3.05, 3.63) is 89.5 Å². The van der Waals surface area contributed by atoms with E-state index in [-0.39, 0.29) is 0 Å². The zero-order valence-corrected chi connectivity index (χ0v) is 18.0. The van der Waals surface area contributed by atoms with Crippen LogP contribution in [-0.2, 0) is 11.2 Å². The van der Waals surface area contributed by atoms with Gasteiger partial charge in [-0.25, -0.2) is 4.79 Å². The summed E-state index contributed by atoms with van der Waals surface area (Å²) in [7, 11) is 0. The van der Waals surface area contributed by atoms with Crippen molar-refractivity contribution in [3.63, 3.8) is 0 Å². The predicted molar refractivity (Wildman–Crippen MR) is 123 cm³/mol. The lowest BCUT2D eigenvalue weighted by atomic mass is 10.00. The summed E-state index contributed by atoms with van der Waals surface area (Å²) in [6, 6.07) is 22.2. The van der Waals surface area contributed by atoms with Gasteiger partial charge in [-0.1, -0.05) is 42.5 Å². The molecule has 158 valence electrons. The van der Waals surface area contributed by atoms with E-state index in [0.29, 0.717) is 18.1 Å². The van der Waals surface area contributed by atoms with Gasteiger partial charge in [-0.3, -0.25) is 0 Å². The molecule has 0 spiro atoms. The van der Waals surface area contributed by atoms with E-state index >= 15 is 0 Å². The van der Waals surface area contributed by atoms with E-state index in [2.05, 4.69) is 55.5 Å². The Morgan fingerprint density at radius 3 is 2.39 bits per heavy atom. The van der Waals surface area contributed by atoms with E-state index < -0.39 is 11.6 Å². The molecule has 0 heterocycles. The fraction of sp³-hybridized carbons (Fsp3) is 0.222. The second-order valence-corrected chi connectivity index (χ2v) is 8.29. The lowest BCUT2D eigenvalue weighted by Gasteiger charge is -2.21. The fourth-order valence-corrected chi connectivity index (χ4v) is 3.71. The van der Waals surface area contributed by atoms with Crippen LogP contribution in [0.5, 0.6) is 11.5 Å². The zero-order chi connectivity index (χ0) is 22.0. The van der Waals surface area contributed by atoms with E-state index in [1.54, 1.807) is 24.3 Å². The van der Waals surface area contributed by atoms with E-state index in [0.717, 1.165) is 6.42 Å². The third kappa shape index (κ3) is 4.48. The largest absolute Gasteiger partial charge is 0.490 e. The Balaban J connectivity index is 1.38. The number of aliphatic carboxylic acids is 1. The molecule has 0 aliphatic heterocycles. The molecule has 1 aliphatic rings. The molecule has 4 nitrogen and oxygen atoms in total. The maximum Gasteiger partial charge on any atom is 0.347 e. The van der Waals surface area contributed by atoms with Crippen LogP contribution in [0.15, 0.2) is 72.8 Å². The maximum atomic E-state index is 11.2. The molecule has 0 saturated carbocycles. The quantitative estimate of drug-likeness (QED) is 0.404. The lowest BCUT2D eigenvalue weighted by molar-refractivity contribution is -0.152. The third-order valence-electron chi connectivity index (χ3n) is 5.60. The second-order valence-electron chi connectivity index (χ2n) is 8.29. The van der Waals surface area contributed by atoms with Gasteiger partial charge >= 0.3 is 5.97 Å². The molecular formula is C27H26O4. The van der Waals surface area contributed by atoms with Crippen LogP contribution in [0.3, 0.4) is 0 Å². The highest BCUT2D eigenvalue weighted by Gasteiger charge is 2.29. The van der Waals surface area contributed by atoms with Crippen LogP contribution in [0, 0.1) is 0 Å². The van der Waals surface area contributed by atoms with Crippen molar-refractivity contribution in [1.29, 1.82) is 0 Å². The minimum Gasteiger partial charge on any atom is -0.490 e. The molecular weight excluding hydrogens is 388 g/mol. The van der Waals surface area contributed by atoms with Gasteiger partial charge in [-0.15, -0.1) is 0 Å². The SMILES string of the molecule is C/C(=C/COc1ccc(OC(C)(C)C(=O)O)cc1)c1ccc2c(c1)Cc1ccccc1-2. The predicted octanol–water partition coefficient (Wildman–Crippen LogP) is 5.98. The standard InChI is InChI=1S/C27H26O4/c1-18(19-8-13-25-21(16-19)17-20-6-4-5-7-24(20)25)14-15-30-22-9-11-23(12-10-22)31-27(2,3)26(28)29/h4-14,16H,15,17H2,1-3H3,(H,28,29)/b18-14-. The van der Waals surface area contributed by atoms with Gasteiger partial charge < -0.3 is 14.6 Å². The molecule has 1 aliphatic carbocycles. The molecule has 3 aromatic rings. The van der Waals surface area contributed by atoms with Crippen LogP contribution < -0.4 is 9.47 Å². The Hall–Kier alpha value is -3.53. The summed E-state index contributed by atoms with van der Waals surface area (Å²) in [4.78, 5) is 11.2. The van der Waals surface area contributed by atoms with Crippen molar-refractivity contribution in [2.75, 3.05) is 6.61 Å². The van der Waals surface area contributed by atoms with Gasteiger partial charge in [-0.2, -0.15) is 0 Å². The molecule has 0 fully saturated rings. The number of carboxylic acid groups (broad SMARTS) is 1. The third-order valence-corrected chi connectivity index (χ3v) is 5.60. The molecule has 4 rings (SSSR count). The number of carbonyl (C=O) groups is 1. The molecule has 31 heavy (non-hydrogen) atoms. The van der Waals surface area contributed by atoms with E-state index in [1.165, 1.54) is 47.2 Å². The van der Waals surface area contributed by atoms with Gasteiger partial charge in [0.05, 0.1) is 0 Å². The normalized spacial score (nSPS) is 12.8. The molecule has 3 aromatic carbocycles. The Bertz CT molecular complexity index is 1140. The highest BCUT2D eigenvalue weighted by molar-refractivity contribution is 5.79. The van der Waals surface area contributed by atoms with E-state index in [1.807, 2.05) is 0 Å². The molecule has 0 bridgehead atoms. The smallest absolute Gasteiger partial charge is 0.347 e. The highest BCUT2D eigenvalue weighted by atomic mass is 16.5. The molecule has 0 amide bonds. The Morgan fingerprint density at radius 1 is 0.968 bits per heavy atom. The van der Waals surface area contributed by atoms with Gasteiger partial charge in [0.15, 0.2) is 5.60 Å². The second kappa shape index (κ2) is 8.31. The minimum absolute atomic E-state index is 0.448. The number of allylic oxidation sites excluding steroid dienone is 1. The van der Waals surface area contributed by atoms with Gasteiger partial charge in [0, 0.05) is 0 Å². The van der Waals surface area contributed by atoms with Gasteiger partial charge in [0.1, 0.15) is 18.1 Å². The number of rotatable bonds is 7. The highest BCUT2D eigenvalue weighted by Crippen LogP contribution is 2.37. The van der Waals surface area contributed by atoms with Crippen molar-refractivity contribution < 1.29 is 19.4 Å². The molecule has 0 radical (unpaired) electrons. The topological polar surface area (TPSA) is 55.8 Å². The first kappa shape index (κ1) is 20.7.